The summed E-state index contributed by atoms with van der Waals surface area (Å²) in [4.78, 5) is 0. The molecule has 0 aliphatic heterocycles. The van der Waals surface area contributed by atoms with Crippen molar-refractivity contribution < 1.29 is 14.2 Å². The third-order valence-electron chi connectivity index (χ3n) is 2.23. The minimum absolute atomic E-state index is 0.215. The highest BCUT2D eigenvalue weighted by atomic mass is 79.9. The Balaban J connectivity index is 2.53. The van der Waals surface area contributed by atoms with Gasteiger partial charge in [-0.25, -0.2) is 4.39 Å². The Morgan fingerprint density at radius 2 is 2.11 bits per heavy atom. The SMILES string of the molecule is CC(C)(C)OCC(O)CNc1c(Cl)cc(F)cc1Br. The van der Waals surface area contributed by atoms with Crippen LogP contribution >= 0.6 is 27.5 Å². The summed E-state index contributed by atoms with van der Waals surface area (Å²) in [7, 11) is 0. The summed E-state index contributed by atoms with van der Waals surface area (Å²) in [5.41, 5.74) is 0.257. The van der Waals surface area contributed by atoms with Crippen LogP contribution in [-0.2, 0) is 4.74 Å². The smallest absolute Gasteiger partial charge is 0.125 e. The van der Waals surface area contributed by atoms with Crippen LogP contribution in [0.25, 0.3) is 0 Å². The van der Waals surface area contributed by atoms with Gasteiger partial charge in [-0.05, 0) is 48.8 Å². The number of rotatable bonds is 5. The lowest BCUT2D eigenvalue weighted by Crippen LogP contribution is -2.30. The molecule has 1 unspecified atom stereocenters. The highest BCUT2D eigenvalue weighted by molar-refractivity contribution is 9.10. The van der Waals surface area contributed by atoms with E-state index in [-0.39, 0.29) is 23.8 Å². The zero-order chi connectivity index (χ0) is 14.6. The van der Waals surface area contributed by atoms with Gasteiger partial charge in [0.15, 0.2) is 0 Å². The van der Waals surface area contributed by atoms with Gasteiger partial charge < -0.3 is 15.2 Å². The van der Waals surface area contributed by atoms with Crippen LogP contribution in [0.3, 0.4) is 0 Å². The molecule has 6 heteroatoms. The Kier molecular flexibility index (Phi) is 6.05. The predicted molar refractivity (Wildman–Crippen MR) is 79.3 cm³/mol. The molecule has 0 aliphatic rings. The first-order valence-electron chi connectivity index (χ1n) is 5.89. The van der Waals surface area contributed by atoms with Crippen molar-refractivity contribution in [1.29, 1.82) is 0 Å². The molecule has 0 bridgehead atoms. The Morgan fingerprint density at radius 3 is 2.63 bits per heavy atom. The number of hydrogen-bond acceptors (Lipinski definition) is 3. The van der Waals surface area contributed by atoms with Crippen LogP contribution in [0.1, 0.15) is 20.8 Å². The summed E-state index contributed by atoms with van der Waals surface area (Å²) < 4.78 is 19.0. The molecular formula is C13H18BrClFNO2. The van der Waals surface area contributed by atoms with Gasteiger partial charge in [-0.2, -0.15) is 0 Å². The van der Waals surface area contributed by atoms with Crippen LogP contribution in [0.15, 0.2) is 16.6 Å². The van der Waals surface area contributed by atoms with Gasteiger partial charge in [-0.3, -0.25) is 0 Å². The molecule has 2 N–H and O–H groups in total. The molecule has 3 nitrogen and oxygen atoms in total. The zero-order valence-electron chi connectivity index (χ0n) is 11.1. The Labute approximate surface area is 126 Å². The van der Waals surface area contributed by atoms with Gasteiger partial charge in [0.1, 0.15) is 5.82 Å². The van der Waals surface area contributed by atoms with E-state index in [2.05, 4.69) is 21.2 Å². The monoisotopic (exact) mass is 353 g/mol. The quantitative estimate of drug-likeness (QED) is 0.844. The highest BCUT2D eigenvalue weighted by Crippen LogP contribution is 2.31. The standard InChI is InChI=1S/C13H18BrClFNO2/c1-13(2,3)19-7-9(18)6-17-12-10(14)4-8(16)5-11(12)15/h4-5,9,17-18H,6-7H2,1-3H3. The zero-order valence-corrected chi connectivity index (χ0v) is 13.5. The van der Waals surface area contributed by atoms with Crippen molar-refractivity contribution in [2.45, 2.75) is 32.5 Å². The maximum absolute atomic E-state index is 13.0. The van der Waals surface area contributed by atoms with E-state index < -0.39 is 11.9 Å². The van der Waals surface area contributed by atoms with Gasteiger partial charge in [0.2, 0.25) is 0 Å². The van der Waals surface area contributed by atoms with Crippen molar-refractivity contribution >= 4 is 33.2 Å². The topological polar surface area (TPSA) is 41.5 Å². The molecule has 0 aliphatic carbocycles. The minimum Gasteiger partial charge on any atom is -0.389 e. The molecule has 1 rings (SSSR count). The van der Waals surface area contributed by atoms with E-state index in [9.17, 15) is 9.50 Å². The second kappa shape index (κ2) is 6.88. The van der Waals surface area contributed by atoms with Crippen molar-refractivity contribution in [3.05, 3.63) is 27.4 Å². The van der Waals surface area contributed by atoms with Gasteiger partial charge in [-0.15, -0.1) is 0 Å². The average Bonchev–Trinajstić information content (AvgIpc) is 2.23. The molecule has 0 radical (unpaired) electrons. The molecule has 0 aromatic heterocycles. The summed E-state index contributed by atoms with van der Waals surface area (Å²) in [6.45, 7) is 6.23. The van der Waals surface area contributed by atoms with Gasteiger partial charge in [0.25, 0.3) is 0 Å². The number of anilines is 1. The van der Waals surface area contributed by atoms with Gasteiger partial charge in [0.05, 0.1) is 29.0 Å². The fourth-order valence-corrected chi connectivity index (χ4v) is 2.30. The van der Waals surface area contributed by atoms with Crippen molar-refractivity contribution in [1.82, 2.24) is 0 Å². The van der Waals surface area contributed by atoms with Crippen LogP contribution < -0.4 is 5.32 Å². The first-order chi connectivity index (χ1) is 8.69. The van der Waals surface area contributed by atoms with Crippen molar-refractivity contribution in [3.63, 3.8) is 0 Å². The first-order valence-corrected chi connectivity index (χ1v) is 7.06. The number of aliphatic hydroxyl groups excluding tert-OH is 1. The second-order valence-corrected chi connectivity index (χ2v) is 6.46. The molecule has 0 saturated carbocycles. The Morgan fingerprint density at radius 1 is 1.47 bits per heavy atom. The normalized spacial score (nSPS) is 13.4. The molecule has 0 heterocycles. The molecule has 19 heavy (non-hydrogen) atoms. The van der Waals surface area contributed by atoms with Crippen molar-refractivity contribution in [2.24, 2.45) is 0 Å². The first kappa shape index (κ1) is 16.7. The molecule has 0 amide bonds. The molecule has 0 spiro atoms. The fourth-order valence-electron chi connectivity index (χ4n) is 1.34. The van der Waals surface area contributed by atoms with E-state index >= 15 is 0 Å². The summed E-state index contributed by atoms with van der Waals surface area (Å²) >= 11 is 9.14. The lowest BCUT2D eigenvalue weighted by molar-refractivity contribution is -0.0449. The highest BCUT2D eigenvalue weighted by Gasteiger charge is 2.14. The van der Waals surface area contributed by atoms with Gasteiger partial charge in [0, 0.05) is 11.0 Å². The Bertz CT molecular complexity index is 414. The van der Waals surface area contributed by atoms with Crippen LogP contribution in [0, 0.1) is 5.82 Å². The Hall–Kier alpha value is -0.360. The maximum Gasteiger partial charge on any atom is 0.125 e. The maximum atomic E-state index is 13.0. The van der Waals surface area contributed by atoms with Gasteiger partial charge in [-0.1, -0.05) is 11.6 Å². The van der Waals surface area contributed by atoms with Gasteiger partial charge >= 0.3 is 0 Å². The third-order valence-corrected chi connectivity index (χ3v) is 3.15. The predicted octanol–water partition coefficient (Wildman–Crippen LogP) is 3.83. The minimum atomic E-state index is -0.674. The van der Waals surface area contributed by atoms with E-state index in [0.717, 1.165) is 0 Å². The van der Waals surface area contributed by atoms with E-state index in [0.29, 0.717) is 10.2 Å². The fraction of sp³-hybridized carbons (Fsp3) is 0.538. The van der Waals surface area contributed by atoms with Crippen LogP contribution in [0.4, 0.5) is 10.1 Å². The number of ether oxygens (including phenoxy) is 1. The number of benzene rings is 1. The molecule has 1 atom stereocenters. The second-order valence-electron chi connectivity index (χ2n) is 5.20. The van der Waals surface area contributed by atoms with Crippen molar-refractivity contribution in [2.75, 3.05) is 18.5 Å². The van der Waals surface area contributed by atoms with Crippen LogP contribution in [0.5, 0.6) is 0 Å². The van der Waals surface area contributed by atoms with E-state index in [1.54, 1.807) is 0 Å². The van der Waals surface area contributed by atoms with E-state index in [1.165, 1.54) is 12.1 Å². The molecule has 1 aromatic carbocycles. The summed E-state index contributed by atoms with van der Waals surface area (Å²) in [6, 6.07) is 2.53. The molecule has 0 saturated heterocycles. The van der Waals surface area contributed by atoms with Crippen LogP contribution in [0.2, 0.25) is 5.02 Å². The van der Waals surface area contributed by atoms with E-state index in [4.69, 9.17) is 16.3 Å². The van der Waals surface area contributed by atoms with E-state index in [1.807, 2.05) is 20.8 Å². The number of nitrogens with one attached hydrogen (secondary N) is 1. The molecule has 0 fully saturated rings. The molecule has 1 aromatic rings. The van der Waals surface area contributed by atoms with Crippen LogP contribution in [-0.4, -0.2) is 30.0 Å². The lowest BCUT2D eigenvalue weighted by atomic mass is 10.2. The summed E-state index contributed by atoms with van der Waals surface area (Å²) in [5, 5.41) is 13.0. The number of aliphatic hydroxyl groups is 1. The van der Waals surface area contributed by atoms with Crippen molar-refractivity contribution in [3.8, 4) is 0 Å². The third kappa shape index (κ3) is 6.08. The molecule has 108 valence electrons. The largest absolute Gasteiger partial charge is 0.389 e. The number of halogens is 3. The summed E-state index contributed by atoms with van der Waals surface area (Å²) in [5.74, 6) is -0.418. The lowest BCUT2D eigenvalue weighted by Gasteiger charge is -2.22. The summed E-state index contributed by atoms with van der Waals surface area (Å²) in [6.07, 6.45) is -0.674. The average molecular weight is 355 g/mol. The molecular weight excluding hydrogens is 337 g/mol. The number of hydrogen-bond donors (Lipinski definition) is 2.